The van der Waals surface area contributed by atoms with E-state index in [-0.39, 0.29) is 23.4 Å². The highest BCUT2D eigenvalue weighted by Crippen LogP contribution is 2.29. The number of alkyl halides is 3. The summed E-state index contributed by atoms with van der Waals surface area (Å²) < 4.78 is 43.2. The lowest BCUT2D eigenvalue weighted by atomic mass is 10.0. The smallest absolute Gasteiger partial charge is 0.416 e. The molecule has 3 aromatic carbocycles. The van der Waals surface area contributed by atoms with Crippen molar-refractivity contribution in [1.82, 2.24) is 0 Å². The molecule has 0 radical (unpaired) electrons. The van der Waals surface area contributed by atoms with Crippen LogP contribution in [0.2, 0.25) is 0 Å². The molecule has 0 bridgehead atoms. The van der Waals surface area contributed by atoms with E-state index in [4.69, 9.17) is 4.74 Å². The van der Waals surface area contributed by atoms with Crippen LogP contribution in [-0.4, -0.2) is 11.9 Å². The topological polar surface area (TPSA) is 55.4 Å². The van der Waals surface area contributed by atoms with Gasteiger partial charge in [0.05, 0.1) is 11.3 Å². The van der Waals surface area contributed by atoms with Gasteiger partial charge in [-0.05, 0) is 29.8 Å². The fraction of sp³-hybridized carbons (Fsp3) is 0.0909. The predicted octanol–water partition coefficient (Wildman–Crippen LogP) is 5.69. The predicted molar refractivity (Wildman–Crippen MR) is 102 cm³/mol. The van der Waals surface area contributed by atoms with Crippen molar-refractivity contribution >= 4 is 17.6 Å². The van der Waals surface area contributed by atoms with Crippen LogP contribution in [0.3, 0.4) is 0 Å². The van der Waals surface area contributed by atoms with Crippen molar-refractivity contribution in [3.05, 3.63) is 101 Å². The zero-order chi connectivity index (χ0) is 20.9. The first kappa shape index (κ1) is 20.1. The first-order chi connectivity index (χ1) is 13.8. The quantitative estimate of drug-likeness (QED) is 0.561. The Kier molecular flexibility index (Phi) is 5.97. The molecule has 1 N–H and O–H groups in total. The monoisotopic (exact) mass is 399 g/mol. The Hall–Kier alpha value is -3.61. The minimum absolute atomic E-state index is 0.0572. The summed E-state index contributed by atoms with van der Waals surface area (Å²) in [5.41, 5.74) is 0.381. The van der Waals surface area contributed by atoms with E-state index in [0.717, 1.165) is 29.8 Å². The van der Waals surface area contributed by atoms with E-state index in [1.165, 1.54) is 12.1 Å². The zero-order valence-electron chi connectivity index (χ0n) is 15.1. The normalized spacial score (nSPS) is 11.0. The second kappa shape index (κ2) is 8.60. The van der Waals surface area contributed by atoms with Crippen molar-refractivity contribution in [2.45, 2.75) is 12.8 Å². The second-order valence-corrected chi connectivity index (χ2v) is 6.14. The summed E-state index contributed by atoms with van der Waals surface area (Å²) in [7, 11) is 0. The Balaban J connectivity index is 1.72. The summed E-state index contributed by atoms with van der Waals surface area (Å²) in [5, 5.41) is 2.51. The van der Waals surface area contributed by atoms with Crippen LogP contribution in [0.1, 0.15) is 27.0 Å². The van der Waals surface area contributed by atoms with Crippen LogP contribution in [0.25, 0.3) is 0 Å². The largest absolute Gasteiger partial charge is 0.444 e. The number of nitrogens with one attached hydrogen (secondary N) is 1. The van der Waals surface area contributed by atoms with Gasteiger partial charge >= 0.3 is 12.3 Å². The molecule has 0 atom stereocenters. The van der Waals surface area contributed by atoms with Crippen LogP contribution in [0.4, 0.5) is 23.7 Å². The van der Waals surface area contributed by atoms with Crippen LogP contribution in [0.5, 0.6) is 0 Å². The summed E-state index contributed by atoms with van der Waals surface area (Å²) in [4.78, 5) is 24.8. The van der Waals surface area contributed by atoms with Gasteiger partial charge in [0.15, 0.2) is 5.78 Å². The first-order valence-electron chi connectivity index (χ1n) is 8.63. The Labute approximate surface area is 164 Å². The van der Waals surface area contributed by atoms with Gasteiger partial charge < -0.3 is 4.74 Å². The lowest BCUT2D eigenvalue weighted by Crippen LogP contribution is -2.16. The molecule has 7 heteroatoms. The standard InChI is InChI=1S/C22H16F3NO3/c23-22(24,25)17-12-10-16(11-13-17)20(27)18-8-4-5-9-19(18)26-21(28)29-14-15-6-2-1-3-7-15/h1-13H,14H2,(H,26,28). The van der Waals surface area contributed by atoms with E-state index >= 15 is 0 Å². The van der Waals surface area contributed by atoms with E-state index in [9.17, 15) is 22.8 Å². The SMILES string of the molecule is O=C(Nc1ccccc1C(=O)c1ccc(C(F)(F)F)cc1)OCc1ccccc1. The molecule has 0 aliphatic heterocycles. The molecule has 0 spiro atoms. The molecule has 0 fully saturated rings. The molecule has 3 rings (SSSR count). The third-order valence-corrected chi connectivity index (χ3v) is 4.10. The van der Waals surface area contributed by atoms with Crippen molar-refractivity contribution < 1.29 is 27.5 Å². The zero-order valence-corrected chi connectivity index (χ0v) is 15.1. The average molecular weight is 399 g/mol. The number of ketones is 1. The Morgan fingerprint density at radius 1 is 0.828 bits per heavy atom. The lowest BCUT2D eigenvalue weighted by Gasteiger charge is -2.12. The number of anilines is 1. The number of carbonyl (C=O) groups is 2. The maximum atomic E-state index is 12.7. The summed E-state index contributed by atoms with van der Waals surface area (Å²) in [5.74, 6) is -0.516. The summed E-state index contributed by atoms with van der Waals surface area (Å²) >= 11 is 0. The molecule has 0 aliphatic carbocycles. The van der Waals surface area contributed by atoms with Crippen LogP contribution >= 0.6 is 0 Å². The molecule has 0 saturated heterocycles. The summed E-state index contributed by atoms with van der Waals surface area (Å²) in [6.45, 7) is 0.0572. The first-order valence-corrected chi connectivity index (χ1v) is 8.63. The Bertz CT molecular complexity index is 1000. The number of carbonyl (C=O) groups excluding carboxylic acids is 2. The highest BCUT2D eigenvalue weighted by atomic mass is 19.4. The van der Waals surface area contributed by atoms with Gasteiger partial charge in [-0.25, -0.2) is 4.79 Å². The fourth-order valence-electron chi connectivity index (χ4n) is 2.63. The fourth-order valence-corrected chi connectivity index (χ4v) is 2.63. The molecular weight excluding hydrogens is 383 g/mol. The number of para-hydroxylation sites is 1. The molecule has 0 saturated carbocycles. The second-order valence-electron chi connectivity index (χ2n) is 6.14. The molecule has 148 valence electrons. The molecule has 1 amide bonds. The number of rotatable bonds is 5. The Morgan fingerprint density at radius 2 is 1.45 bits per heavy atom. The van der Waals surface area contributed by atoms with Gasteiger partial charge in [0.1, 0.15) is 6.61 Å². The number of hydrogen-bond donors (Lipinski definition) is 1. The van der Waals surface area contributed by atoms with Crippen molar-refractivity contribution in [2.75, 3.05) is 5.32 Å². The van der Waals surface area contributed by atoms with Crippen LogP contribution in [0.15, 0.2) is 78.9 Å². The van der Waals surface area contributed by atoms with Crippen molar-refractivity contribution in [3.8, 4) is 0 Å². The average Bonchev–Trinajstić information content (AvgIpc) is 2.72. The number of ether oxygens (including phenoxy) is 1. The molecule has 3 aromatic rings. The van der Waals surface area contributed by atoms with E-state index in [2.05, 4.69) is 5.32 Å². The van der Waals surface area contributed by atoms with Gasteiger partial charge in [-0.3, -0.25) is 10.1 Å². The number of benzene rings is 3. The van der Waals surface area contributed by atoms with Gasteiger partial charge in [0, 0.05) is 11.1 Å². The number of halogens is 3. The van der Waals surface area contributed by atoms with Crippen LogP contribution in [-0.2, 0) is 17.5 Å². The van der Waals surface area contributed by atoms with Gasteiger partial charge in [0.25, 0.3) is 0 Å². The maximum absolute atomic E-state index is 12.7. The number of hydrogen-bond acceptors (Lipinski definition) is 3. The van der Waals surface area contributed by atoms with Crippen LogP contribution in [0, 0.1) is 0 Å². The van der Waals surface area contributed by atoms with Crippen molar-refractivity contribution in [2.24, 2.45) is 0 Å². The third kappa shape index (κ3) is 5.22. The van der Waals surface area contributed by atoms with Gasteiger partial charge in [-0.2, -0.15) is 13.2 Å². The van der Waals surface area contributed by atoms with Gasteiger partial charge in [0.2, 0.25) is 0 Å². The molecule has 0 aliphatic rings. The summed E-state index contributed by atoms with van der Waals surface area (Å²) in [6.07, 6.45) is -5.23. The van der Waals surface area contributed by atoms with E-state index in [1.54, 1.807) is 24.3 Å². The molecular formula is C22H16F3NO3. The number of amides is 1. The third-order valence-electron chi connectivity index (χ3n) is 4.10. The van der Waals surface area contributed by atoms with Gasteiger partial charge in [-0.1, -0.05) is 54.6 Å². The summed E-state index contributed by atoms with van der Waals surface area (Å²) in [6, 6.07) is 19.2. The van der Waals surface area contributed by atoms with E-state index in [1.807, 2.05) is 18.2 Å². The van der Waals surface area contributed by atoms with Crippen molar-refractivity contribution in [3.63, 3.8) is 0 Å². The lowest BCUT2D eigenvalue weighted by molar-refractivity contribution is -0.137. The molecule has 4 nitrogen and oxygen atoms in total. The molecule has 0 unspecified atom stereocenters. The molecule has 0 heterocycles. The van der Waals surface area contributed by atoms with Crippen LogP contribution < -0.4 is 5.32 Å². The highest BCUT2D eigenvalue weighted by Gasteiger charge is 2.30. The minimum atomic E-state index is -4.48. The Morgan fingerprint density at radius 3 is 2.10 bits per heavy atom. The molecule has 29 heavy (non-hydrogen) atoms. The van der Waals surface area contributed by atoms with Gasteiger partial charge in [-0.15, -0.1) is 0 Å². The molecule has 0 aromatic heterocycles. The van der Waals surface area contributed by atoms with E-state index in [0.29, 0.717) is 0 Å². The maximum Gasteiger partial charge on any atom is 0.416 e. The minimum Gasteiger partial charge on any atom is -0.444 e. The van der Waals surface area contributed by atoms with Crippen molar-refractivity contribution in [1.29, 1.82) is 0 Å². The highest BCUT2D eigenvalue weighted by molar-refractivity contribution is 6.13. The van der Waals surface area contributed by atoms with E-state index < -0.39 is 23.6 Å².